The predicted octanol–water partition coefficient (Wildman–Crippen LogP) is 4.62. The van der Waals surface area contributed by atoms with Crippen LogP contribution in [0.15, 0.2) is 48.1 Å². The van der Waals surface area contributed by atoms with Gasteiger partial charge >= 0.3 is 5.97 Å². The molecular formula is C24H26N6O3S2. The molecule has 2 heterocycles. The van der Waals surface area contributed by atoms with Crippen LogP contribution in [0.2, 0.25) is 0 Å². The van der Waals surface area contributed by atoms with E-state index in [1.165, 1.54) is 11.8 Å². The number of amides is 1. The van der Waals surface area contributed by atoms with Gasteiger partial charge in [-0.3, -0.25) is 4.79 Å². The van der Waals surface area contributed by atoms with Gasteiger partial charge in [-0.15, -0.1) is 28.1 Å². The minimum Gasteiger partial charge on any atom is -0.462 e. The number of allylic oxidation sites excluding steroid dienone is 1. The van der Waals surface area contributed by atoms with Gasteiger partial charge in [-0.25, -0.2) is 4.79 Å². The molecule has 0 saturated carbocycles. The number of aromatic nitrogens is 3. The van der Waals surface area contributed by atoms with E-state index in [2.05, 4.69) is 33.5 Å². The second-order valence-electron chi connectivity index (χ2n) is 7.26. The minimum atomic E-state index is -0.498. The van der Waals surface area contributed by atoms with E-state index in [1.807, 2.05) is 34.9 Å². The Bertz CT molecular complexity index is 1230. The van der Waals surface area contributed by atoms with Crippen LogP contribution in [-0.4, -0.2) is 39.0 Å². The number of thioether (sulfide) groups is 1. The number of nitrogens with one attached hydrogen (secondary N) is 2. The first-order valence-corrected chi connectivity index (χ1v) is 12.7. The zero-order chi connectivity index (χ0) is 25.2. The molecule has 0 aliphatic rings. The number of nitriles is 1. The summed E-state index contributed by atoms with van der Waals surface area (Å²) in [5, 5.41) is 25.2. The molecule has 35 heavy (non-hydrogen) atoms. The smallest absolute Gasteiger partial charge is 0.348 e. The second-order valence-corrected chi connectivity index (χ2v) is 9.34. The maximum atomic E-state index is 12.5. The highest BCUT2D eigenvalue weighted by Crippen LogP contribution is 2.33. The Morgan fingerprint density at radius 2 is 2.09 bits per heavy atom. The average Bonchev–Trinajstić information content (AvgIpc) is 3.38. The van der Waals surface area contributed by atoms with Crippen molar-refractivity contribution in [3.8, 4) is 6.07 Å². The first-order chi connectivity index (χ1) is 17.0. The maximum absolute atomic E-state index is 12.5. The molecule has 0 aliphatic heterocycles. The van der Waals surface area contributed by atoms with E-state index in [-0.39, 0.29) is 24.5 Å². The van der Waals surface area contributed by atoms with Crippen LogP contribution in [0.3, 0.4) is 0 Å². The molecule has 9 nitrogen and oxygen atoms in total. The number of para-hydroxylation sites is 1. The SMILES string of the molecule is C=CCn1c(CNc2ccccc2)nnc1SCCC(=O)Nc1sc(C(=O)OCC)c(C)c1C#N. The van der Waals surface area contributed by atoms with Gasteiger partial charge in [0, 0.05) is 24.4 Å². The molecule has 0 radical (unpaired) electrons. The van der Waals surface area contributed by atoms with Crippen molar-refractivity contribution >= 4 is 45.7 Å². The van der Waals surface area contributed by atoms with E-state index < -0.39 is 5.97 Å². The van der Waals surface area contributed by atoms with Gasteiger partial charge in [-0.05, 0) is 31.5 Å². The van der Waals surface area contributed by atoms with Crippen molar-refractivity contribution in [2.45, 2.75) is 38.5 Å². The lowest BCUT2D eigenvalue weighted by molar-refractivity contribution is -0.115. The highest BCUT2D eigenvalue weighted by atomic mass is 32.2. The number of thiophene rings is 1. The summed E-state index contributed by atoms with van der Waals surface area (Å²) in [6, 6.07) is 11.9. The van der Waals surface area contributed by atoms with Crippen molar-refractivity contribution in [1.82, 2.24) is 14.8 Å². The van der Waals surface area contributed by atoms with Crippen LogP contribution >= 0.6 is 23.1 Å². The molecule has 182 valence electrons. The zero-order valence-electron chi connectivity index (χ0n) is 19.5. The van der Waals surface area contributed by atoms with Crippen molar-refractivity contribution in [3.05, 3.63) is 64.8 Å². The zero-order valence-corrected chi connectivity index (χ0v) is 21.2. The van der Waals surface area contributed by atoms with Gasteiger partial charge in [0.05, 0.1) is 18.7 Å². The van der Waals surface area contributed by atoms with E-state index in [1.54, 1.807) is 19.9 Å². The second kappa shape index (κ2) is 12.7. The molecule has 2 aromatic heterocycles. The monoisotopic (exact) mass is 510 g/mol. The Morgan fingerprint density at radius 3 is 2.77 bits per heavy atom. The van der Waals surface area contributed by atoms with Crippen LogP contribution in [0.1, 0.15) is 40.0 Å². The van der Waals surface area contributed by atoms with E-state index in [0.29, 0.717) is 39.4 Å². The van der Waals surface area contributed by atoms with Gasteiger partial charge in [0.1, 0.15) is 15.9 Å². The lowest BCUT2D eigenvalue weighted by atomic mass is 10.2. The lowest BCUT2D eigenvalue weighted by Gasteiger charge is -2.09. The van der Waals surface area contributed by atoms with Crippen LogP contribution in [0.25, 0.3) is 0 Å². The number of anilines is 2. The molecule has 1 amide bonds. The Balaban J connectivity index is 1.59. The number of esters is 1. The van der Waals surface area contributed by atoms with Crippen molar-refractivity contribution < 1.29 is 14.3 Å². The maximum Gasteiger partial charge on any atom is 0.348 e. The summed E-state index contributed by atoms with van der Waals surface area (Å²) in [5.41, 5.74) is 1.77. The lowest BCUT2D eigenvalue weighted by Crippen LogP contribution is -2.12. The summed E-state index contributed by atoms with van der Waals surface area (Å²) in [7, 11) is 0. The van der Waals surface area contributed by atoms with Crippen LogP contribution in [0, 0.1) is 18.3 Å². The molecule has 3 rings (SSSR count). The van der Waals surface area contributed by atoms with Crippen LogP contribution in [0.5, 0.6) is 0 Å². The van der Waals surface area contributed by atoms with Crippen molar-refractivity contribution in [1.29, 1.82) is 5.26 Å². The molecule has 0 saturated heterocycles. The molecule has 3 aromatic rings. The number of rotatable bonds is 12. The Hall–Kier alpha value is -3.62. The van der Waals surface area contributed by atoms with Gasteiger partial charge < -0.3 is 19.9 Å². The molecular weight excluding hydrogens is 484 g/mol. The van der Waals surface area contributed by atoms with E-state index in [0.717, 1.165) is 22.8 Å². The molecule has 0 unspecified atom stereocenters. The summed E-state index contributed by atoms with van der Waals surface area (Å²) < 4.78 is 6.99. The molecule has 11 heteroatoms. The fraction of sp³-hybridized carbons (Fsp3) is 0.292. The van der Waals surface area contributed by atoms with Crippen molar-refractivity contribution in [2.75, 3.05) is 23.0 Å². The van der Waals surface area contributed by atoms with Crippen molar-refractivity contribution in [3.63, 3.8) is 0 Å². The first-order valence-electron chi connectivity index (χ1n) is 10.9. The van der Waals surface area contributed by atoms with Gasteiger partial charge in [0.25, 0.3) is 0 Å². The predicted molar refractivity (Wildman–Crippen MR) is 138 cm³/mol. The fourth-order valence-electron chi connectivity index (χ4n) is 3.16. The van der Waals surface area contributed by atoms with Gasteiger partial charge in [0.15, 0.2) is 11.0 Å². The molecule has 0 aliphatic carbocycles. The van der Waals surface area contributed by atoms with E-state index in [9.17, 15) is 14.9 Å². The van der Waals surface area contributed by atoms with E-state index >= 15 is 0 Å². The molecule has 0 spiro atoms. The highest BCUT2D eigenvalue weighted by Gasteiger charge is 2.22. The number of carbonyl (C=O) groups excluding carboxylic acids is 2. The summed E-state index contributed by atoms with van der Waals surface area (Å²) in [5.74, 6) is 0.470. The van der Waals surface area contributed by atoms with Gasteiger partial charge in [0.2, 0.25) is 5.91 Å². The molecule has 1 aromatic carbocycles. The number of hydrogen-bond acceptors (Lipinski definition) is 9. The van der Waals surface area contributed by atoms with Crippen molar-refractivity contribution in [2.24, 2.45) is 0 Å². The number of carbonyl (C=O) groups is 2. The van der Waals surface area contributed by atoms with Gasteiger partial charge in [-0.1, -0.05) is 36.0 Å². The van der Waals surface area contributed by atoms with E-state index in [4.69, 9.17) is 4.74 Å². The first kappa shape index (κ1) is 26.0. The summed E-state index contributed by atoms with van der Waals surface area (Å²) in [6.45, 7) is 8.48. The highest BCUT2D eigenvalue weighted by molar-refractivity contribution is 7.99. The topological polar surface area (TPSA) is 122 Å². The summed E-state index contributed by atoms with van der Waals surface area (Å²) >= 11 is 2.47. The normalized spacial score (nSPS) is 10.4. The summed E-state index contributed by atoms with van der Waals surface area (Å²) in [6.07, 6.45) is 1.97. The Morgan fingerprint density at radius 1 is 1.31 bits per heavy atom. The third-order valence-electron chi connectivity index (χ3n) is 4.86. The standard InChI is InChI=1S/C24H26N6O3S2/c1-4-12-30-19(15-26-17-9-7-6-8-10-17)28-29-24(30)34-13-11-20(31)27-22-18(14-25)16(3)21(35-22)23(32)33-5-2/h4,6-10,26H,1,5,11-13,15H2,2-3H3,(H,27,31). The number of hydrogen-bond donors (Lipinski definition) is 2. The number of benzene rings is 1. The van der Waals surface area contributed by atoms with Crippen LogP contribution in [-0.2, 0) is 22.6 Å². The van der Waals surface area contributed by atoms with Crippen LogP contribution in [0.4, 0.5) is 10.7 Å². The third-order valence-corrected chi connectivity index (χ3v) is 7.02. The number of ether oxygens (including phenoxy) is 1. The minimum absolute atomic E-state index is 0.194. The molecule has 0 fully saturated rings. The molecule has 0 bridgehead atoms. The van der Waals surface area contributed by atoms with Gasteiger partial charge in [-0.2, -0.15) is 5.26 Å². The quantitative estimate of drug-likeness (QED) is 0.206. The fourth-order valence-corrected chi connectivity index (χ4v) is 5.13. The number of nitrogens with zero attached hydrogens (tertiary/aromatic N) is 4. The molecule has 0 atom stereocenters. The Kier molecular flexibility index (Phi) is 9.46. The largest absolute Gasteiger partial charge is 0.462 e. The Labute approximate surface area is 212 Å². The van der Waals surface area contributed by atoms with Crippen LogP contribution < -0.4 is 10.6 Å². The molecule has 2 N–H and O–H groups in total. The third kappa shape index (κ3) is 6.71. The average molecular weight is 511 g/mol. The summed E-state index contributed by atoms with van der Waals surface area (Å²) in [4.78, 5) is 25.0.